The highest BCUT2D eigenvalue weighted by molar-refractivity contribution is 7.13. The molecule has 0 saturated heterocycles. The number of hydrogen-bond donors (Lipinski definition) is 2. The fourth-order valence-corrected chi connectivity index (χ4v) is 3.09. The fourth-order valence-electron chi connectivity index (χ4n) is 2.36. The van der Waals surface area contributed by atoms with Crippen LogP contribution >= 0.6 is 11.3 Å². The summed E-state index contributed by atoms with van der Waals surface area (Å²) < 4.78 is 9.87. The minimum absolute atomic E-state index is 0.0309. The number of thiazole rings is 1. The van der Waals surface area contributed by atoms with Gasteiger partial charge in [0.2, 0.25) is 0 Å². The van der Waals surface area contributed by atoms with Gasteiger partial charge in [-0.05, 0) is 19.1 Å². The first-order valence-electron chi connectivity index (χ1n) is 8.72. The van der Waals surface area contributed by atoms with E-state index < -0.39 is 18.5 Å². The second kappa shape index (κ2) is 9.60. The summed E-state index contributed by atoms with van der Waals surface area (Å²) >= 11 is 1.17. The SMILES string of the molecule is CCOC(=O)Cc1csc(NC(=O)COC(=O)c2ccc(-c3ncc[nH]3)cc2)n1. The van der Waals surface area contributed by atoms with Gasteiger partial charge in [0, 0.05) is 23.3 Å². The monoisotopic (exact) mass is 414 g/mol. The maximum atomic E-state index is 12.1. The Hall–Kier alpha value is -3.53. The number of nitrogens with zero attached hydrogens (tertiary/aromatic N) is 2. The van der Waals surface area contributed by atoms with E-state index >= 15 is 0 Å². The quantitative estimate of drug-likeness (QED) is 0.543. The van der Waals surface area contributed by atoms with Crippen LogP contribution in [0, 0.1) is 0 Å². The van der Waals surface area contributed by atoms with Crippen LogP contribution in [0.5, 0.6) is 0 Å². The second-order valence-electron chi connectivity index (χ2n) is 5.77. The predicted molar refractivity (Wildman–Crippen MR) is 105 cm³/mol. The third-order valence-electron chi connectivity index (χ3n) is 3.66. The lowest BCUT2D eigenvalue weighted by molar-refractivity contribution is -0.142. The van der Waals surface area contributed by atoms with Crippen molar-refractivity contribution in [2.75, 3.05) is 18.5 Å². The Kier molecular flexibility index (Phi) is 6.69. The summed E-state index contributed by atoms with van der Waals surface area (Å²) in [4.78, 5) is 46.7. The Morgan fingerprint density at radius 1 is 1.17 bits per heavy atom. The van der Waals surface area contributed by atoms with E-state index in [0.717, 1.165) is 5.56 Å². The van der Waals surface area contributed by atoms with E-state index in [9.17, 15) is 14.4 Å². The van der Waals surface area contributed by atoms with E-state index in [0.29, 0.717) is 28.8 Å². The van der Waals surface area contributed by atoms with Crippen LogP contribution in [0.4, 0.5) is 5.13 Å². The summed E-state index contributed by atoms with van der Waals surface area (Å²) in [5, 5.41) is 4.49. The largest absolute Gasteiger partial charge is 0.466 e. The van der Waals surface area contributed by atoms with Crippen LogP contribution in [0.2, 0.25) is 0 Å². The van der Waals surface area contributed by atoms with E-state index in [-0.39, 0.29) is 12.4 Å². The van der Waals surface area contributed by atoms with Gasteiger partial charge < -0.3 is 14.5 Å². The van der Waals surface area contributed by atoms with Gasteiger partial charge in [-0.25, -0.2) is 14.8 Å². The van der Waals surface area contributed by atoms with E-state index in [4.69, 9.17) is 9.47 Å². The summed E-state index contributed by atoms with van der Waals surface area (Å²) in [6.45, 7) is 1.56. The van der Waals surface area contributed by atoms with Gasteiger partial charge >= 0.3 is 11.9 Å². The lowest BCUT2D eigenvalue weighted by Crippen LogP contribution is -2.21. The molecule has 0 saturated carbocycles. The van der Waals surface area contributed by atoms with Gasteiger partial charge in [0.05, 0.1) is 24.3 Å². The minimum Gasteiger partial charge on any atom is -0.466 e. The summed E-state index contributed by atoms with van der Waals surface area (Å²) in [6, 6.07) is 6.66. The Morgan fingerprint density at radius 3 is 2.66 bits per heavy atom. The Morgan fingerprint density at radius 2 is 1.97 bits per heavy atom. The third-order valence-corrected chi connectivity index (χ3v) is 4.46. The number of carbonyl (C=O) groups is 3. The molecule has 3 rings (SSSR count). The van der Waals surface area contributed by atoms with Gasteiger partial charge in [0.25, 0.3) is 5.91 Å². The Labute approximate surface area is 170 Å². The van der Waals surface area contributed by atoms with Crippen molar-refractivity contribution in [1.29, 1.82) is 0 Å². The number of esters is 2. The van der Waals surface area contributed by atoms with Gasteiger partial charge in [0.1, 0.15) is 5.82 Å². The van der Waals surface area contributed by atoms with E-state index in [1.807, 2.05) is 0 Å². The number of ether oxygens (including phenoxy) is 2. The van der Waals surface area contributed by atoms with Crippen LogP contribution < -0.4 is 5.32 Å². The normalized spacial score (nSPS) is 10.4. The van der Waals surface area contributed by atoms with Gasteiger partial charge in [0.15, 0.2) is 11.7 Å². The van der Waals surface area contributed by atoms with Crippen LogP contribution in [0.25, 0.3) is 11.4 Å². The number of hydrogen-bond acceptors (Lipinski definition) is 8. The molecule has 29 heavy (non-hydrogen) atoms. The van der Waals surface area contributed by atoms with Crippen LogP contribution in [0.15, 0.2) is 42.0 Å². The molecule has 1 aromatic carbocycles. The average Bonchev–Trinajstić information content (AvgIpc) is 3.39. The molecule has 0 fully saturated rings. The van der Waals surface area contributed by atoms with Gasteiger partial charge in [-0.2, -0.15) is 0 Å². The van der Waals surface area contributed by atoms with Crippen LogP contribution in [0.1, 0.15) is 23.0 Å². The zero-order valence-corrected chi connectivity index (χ0v) is 16.3. The van der Waals surface area contributed by atoms with Crippen molar-refractivity contribution in [2.24, 2.45) is 0 Å². The molecule has 0 atom stereocenters. The van der Waals surface area contributed by atoms with Gasteiger partial charge in [-0.1, -0.05) is 12.1 Å². The van der Waals surface area contributed by atoms with E-state index in [1.54, 1.807) is 49.0 Å². The van der Waals surface area contributed by atoms with Crippen LogP contribution in [-0.2, 0) is 25.5 Å². The molecule has 0 bridgehead atoms. The Balaban J connectivity index is 1.47. The lowest BCUT2D eigenvalue weighted by Gasteiger charge is -2.05. The summed E-state index contributed by atoms with van der Waals surface area (Å²) in [5.74, 6) is -0.839. The van der Waals surface area contributed by atoms with Crippen LogP contribution in [-0.4, -0.2) is 46.0 Å². The molecule has 2 N–H and O–H groups in total. The maximum Gasteiger partial charge on any atom is 0.338 e. The molecule has 10 heteroatoms. The molecule has 0 aliphatic carbocycles. The predicted octanol–water partition coefficient (Wildman–Crippen LogP) is 2.43. The number of imidazole rings is 1. The molecule has 9 nitrogen and oxygen atoms in total. The van der Waals surface area contributed by atoms with Crippen LogP contribution in [0.3, 0.4) is 0 Å². The van der Waals surface area contributed by atoms with Crippen molar-refractivity contribution in [3.05, 3.63) is 53.3 Å². The number of amides is 1. The smallest absolute Gasteiger partial charge is 0.338 e. The van der Waals surface area contributed by atoms with Gasteiger partial charge in [-0.15, -0.1) is 11.3 Å². The Bertz CT molecular complexity index is 982. The average molecular weight is 414 g/mol. The zero-order valence-electron chi connectivity index (χ0n) is 15.5. The van der Waals surface area contributed by atoms with Crippen molar-refractivity contribution in [3.63, 3.8) is 0 Å². The number of carbonyl (C=O) groups excluding carboxylic acids is 3. The minimum atomic E-state index is -0.617. The highest BCUT2D eigenvalue weighted by Crippen LogP contribution is 2.17. The number of nitrogens with one attached hydrogen (secondary N) is 2. The highest BCUT2D eigenvalue weighted by atomic mass is 32.1. The van der Waals surface area contributed by atoms with Crippen molar-refractivity contribution >= 4 is 34.3 Å². The van der Waals surface area contributed by atoms with Gasteiger partial charge in [-0.3, -0.25) is 14.9 Å². The molecular weight excluding hydrogens is 396 g/mol. The highest BCUT2D eigenvalue weighted by Gasteiger charge is 2.13. The molecule has 0 aliphatic heterocycles. The number of aromatic amines is 1. The topological polar surface area (TPSA) is 123 Å². The maximum absolute atomic E-state index is 12.1. The first-order chi connectivity index (χ1) is 14.0. The number of anilines is 1. The molecule has 0 radical (unpaired) electrons. The number of rotatable bonds is 8. The fraction of sp³-hybridized carbons (Fsp3) is 0.211. The molecule has 150 valence electrons. The van der Waals surface area contributed by atoms with Crippen molar-refractivity contribution in [2.45, 2.75) is 13.3 Å². The molecule has 2 aromatic heterocycles. The molecule has 1 amide bonds. The number of benzene rings is 1. The first kappa shape index (κ1) is 20.2. The molecule has 3 aromatic rings. The molecule has 0 aliphatic rings. The summed E-state index contributed by atoms with van der Waals surface area (Å²) in [7, 11) is 0. The summed E-state index contributed by atoms with van der Waals surface area (Å²) in [5.41, 5.74) is 1.64. The van der Waals surface area contributed by atoms with Crippen molar-refractivity contribution in [3.8, 4) is 11.4 Å². The van der Waals surface area contributed by atoms with Crippen molar-refractivity contribution < 1.29 is 23.9 Å². The number of aromatic nitrogens is 3. The second-order valence-corrected chi connectivity index (χ2v) is 6.62. The number of H-pyrrole nitrogens is 1. The molecule has 0 unspecified atom stereocenters. The molecule has 2 heterocycles. The zero-order chi connectivity index (χ0) is 20.6. The third kappa shape index (κ3) is 5.72. The molecule has 0 spiro atoms. The van der Waals surface area contributed by atoms with E-state index in [2.05, 4.69) is 20.3 Å². The first-order valence-corrected chi connectivity index (χ1v) is 9.60. The lowest BCUT2D eigenvalue weighted by atomic mass is 10.1. The van der Waals surface area contributed by atoms with Crippen molar-refractivity contribution in [1.82, 2.24) is 15.0 Å². The standard InChI is InChI=1S/C19H18N4O5S/c1-2-27-16(25)9-14-11-29-19(22-14)23-15(24)10-28-18(26)13-5-3-12(4-6-13)17-20-7-8-21-17/h3-8,11H,2,9-10H2,1H3,(H,20,21)(H,22,23,24). The van der Waals surface area contributed by atoms with E-state index in [1.165, 1.54) is 11.3 Å². The molecular formula is C19H18N4O5S. The summed E-state index contributed by atoms with van der Waals surface area (Å²) in [6.07, 6.45) is 3.37.